The molecule has 20 heavy (non-hydrogen) atoms. The first-order valence-corrected chi connectivity index (χ1v) is 5.98. The van der Waals surface area contributed by atoms with Crippen LogP contribution in [0.25, 0.3) is 0 Å². The molecule has 0 fully saturated rings. The van der Waals surface area contributed by atoms with Crippen molar-refractivity contribution in [2.45, 2.75) is 12.7 Å². The second-order valence-corrected chi connectivity index (χ2v) is 4.59. The SMILES string of the molecule is Nc1ccc(Cn2c(C(F)(F)F)cccc2=O)c(Cl)c1. The molecule has 0 aliphatic rings. The average molecular weight is 303 g/mol. The minimum atomic E-state index is -4.61. The minimum Gasteiger partial charge on any atom is -0.399 e. The van der Waals surface area contributed by atoms with Gasteiger partial charge in [0.05, 0.1) is 6.54 Å². The molecule has 0 unspecified atom stereocenters. The van der Waals surface area contributed by atoms with Gasteiger partial charge in [0.25, 0.3) is 5.56 Å². The Bertz CT molecular complexity index is 695. The topological polar surface area (TPSA) is 48.0 Å². The van der Waals surface area contributed by atoms with Crippen LogP contribution in [0.1, 0.15) is 11.3 Å². The molecule has 7 heteroatoms. The molecule has 1 aromatic carbocycles. The van der Waals surface area contributed by atoms with Crippen LogP contribution in [-0.4, -0.2) is 4.57 Å². The number of pyridine rings is 1. The zero-order valence-corrected chi connectivity index (χ0v) is 10.9. The van der Waals surface area contributed by atoms with Gasteiger partial charge in [-0.25, -0.2) is 0 Å². The molecule has 0 saturated heterocycles. The van der Waals surface area contributed by atoms with Gasteiger partial charge in [-0.15, -0.1) is 0 Å². The molecule has 0 bridgehead atoms. The summed E-state index contributed by atoms with van der Waals surface area (Å²) in [5, 5.41) is 0.217. The Morgan fingerprint density at radius 2 is 1.90 bits per heavy atom. The highest BCUT2D eigenvalue weighted by atomic mass is 35.5. The standard InChI is InChI=1S/C13H10ClF3N2O/c14-10-6-9(18)5-4-8(10)7-19-11(13(15,16)17)2-1-3-12(19)20/h1-6H,7,18H2. The fourth-order valence-electron chi connectivity index (χ4n) is 1.79. The molecule has 2 N–H and O–H groups in total. The lowest BCUT2D eigenvalue weighted by Gasteiger charge is -2.15. The van der Waals surface area contributed by atoms with Gasteiger partial charge in [0.1, 0.15) is 5.69 Å². The highest BCUT2D eigenvalue weighted by Gasteiger charge is 2.34. The number of nitrogen functional groups attached to an aromatic ring is 1. The Kier molecular flexibility index (Phi) is 3.76. The second-order valence-electron chi connectivity index (χ2n) is 4.18. The van der Waals surface area contributed by atoms with Crippen LogP contribution >= 0.6 is 11.6 Å². The molecule has 0 radical (unpaired) electrons. The summed E-state index contributed by atoms with van der Waals surface area (Å²) in [7, 11) is 0. The van der Waals surface area contributed by atoms with E-state index in [1.807, 2.05) is 0 Å². The fourth-order valence-corrected chi connectivity index (χ4v) is 2.04. The molecule has 0 aliphatic carbocycles. The predicted octanol–water partition coefficient (Wildman–Crippen LogP) is 3.15. The zero-order chi connectivity index (χ0) is 14.9. The molecular formula is C13H10ClF3N2O. The largest absolute Gasteiger partial charge is 0.431 e. The summed E-state index contributed by atoms with van der Waals surface area (Å²) < 4.78 is 39.3. The summed E-state index contributed by atoms with van der Waals surface area (Å²) in [5.41, 5.74) is 4.55. The first-order chi connectivity index (χ1) is 9.29. The van der Waals surface area contributed by atoms with E-state index in [2.05, 4.69) is 0 Å². The third-order valence-corrected chi connectivity index (χ3v) is 3.10. The van der Waals surface area contributed by atoms with Gasteiger partial charge < -0.3 is 5.73 Å². The minimum absolute atomic E-state index is 0.217. The van der Waals surface area contributed by atoms with Crippen molar-refractivity contribution in [2.75, 3.05) is 5.73 Å². The van der Waals surface area contributed by atoms with Crippen LogP contribution in [0.4, 0.5) is 18.9 Å². The van der Waals surface area contributed by atoms with E-state index in [4.69, 9.17) is 17.3 Å². The summed E-state index contributed by atoms with van der Waals surface area (Å²) >= 11 is 5.92. The number of rotatable bonds is 2. The van der Waals surface area contributed by atoms with Crippen LogP contribution in [0.2, 0.25) is 5.02 Å². The van der Waals surface area contributed by atoms with E-state index < -0.39 is 17.4 Å². The highest BCUT2D eigenvalue weighted by molar-refractivity contribution is 6.31. The maximum Gasteiger partial charge on any atom is 0.431 e. The summed E-state index contributed by atoms with van der Waals surface area (Å²) in [4.78, 5) is 11.7. The Hall–Kier alpha value is -1.95. The Morgan fingerprint density at radius 1 is 1.20 bits per heavy atom. The number of hydrogen-bond acceptors (Lipinski definition) is 2. The van der Waals surface area contributed by atoms with Gasteiger partial charge in [-0.05, 0) is 23.8 Å². The van der Waals surface area contributed by atoms with Crippen molar-refractivity contribution in [1.82, 2.24) is 4.57 Å². The van der Waals surface area contributed by atoms with E-state index in [1.165, 1.54) is 18.2 Å². The van der Waals surface area contributed by atoms with Gasteiger partial charge >= 0.3 is 6.18 Å². The molecule has 0 atom stereocenters. The van der Waals surface area contributed by atoms with Crippen molar-refractivity contribution < 1.29 is 13.2 Å². The van der Waals surface area contributed by atoms with Crippen molar-refractivity contribution in [3.63, 3.8) is 0 Å². The van der Waals surface area contributed by atoms with Gasteiger partial charge in [0.15, 0.2) is 0 Å². The quantitative estimate of drug-likeness (QED) is 0.866. The number of nitrogens with zero attached hydrogens (tertiary/aromatic N) is 1. The lowest BCUT2D eigenvalue weighted by Crippen LogP contribution is -2.27. The number of halogens is 4. The lowest BCUT2D eigenvalue weighted by atomic mass is 10.2. The van der Waals surface area contributed by atoms with Crippen LogP contribution in [0.15, 0.2) is 41.2 Å². The smallest absolute Gasteiger partial charge is 0.399 e. The first kappa shape index (κ1) is 14.5. The van der Waals surface area contributed by atoms with Gasteiger partial charge in [0.2, 0.25) is 0 Å². The maximum absolute atomic E-state index is 12.9. The molecular weight excluding hydrogens is 293 g/mol. The van der Waals surface area contributed by atoms with Crippen molar-refractivity contribution in [1.29, 1.82) is 0 Å². The number of hydrogen-bond donors (Lipinski definition) is 1. The van der Waals surface area contributed by atoms with Crippen molar-refractivity contribution >= 4 is 17.3 Å². The molecule has 0 saturated carbocycles. The number of anilines is 1. The van der Waals surface area contributed by atoms with Gasteiger partial charge in [-0.3, -0.25) is 9.36 Å². The summed E-state index contributed by atoms with van der Waals surface area (Å²) in [6.45, 7) is -0.270. The Morgan fingerprint density at radius 3 is 2.50 bits per heavy atom. The van der Waals surface area contributed by atoms with Crippen molar-refractivity contribution in [3.8, 4) is 0 Å². The van der Waals surface area contributed by atoms with E-state index in [9.17, 15) is 18.0 Å². The number of benzene rings is 1. The third kappa shape index (κ3) is 2.96. The maximum atomic E-state index is 12.9. The van der Waals surface area contributed by atoms with E-state index in [0.717, 1.165) is 18.2 Å². The molecule has 1 aromatic heterocycles. The van der Waals surface area contributed by atoms with Crippen LogP contribution in [0.3, 0.4) is 0 Å². The lowest BCUT2D eigenvalue weighted by molar-refractivity contribution is -0.144. The van der Waals surface area contributed by atoms with Crippen molar-refractivity contribution in [2.24, 2.45) is 0 Å². The molecule has 0 amide bonds. The molecule has 106 valence electrons. The van der Waals surface area contributed by atoms with E-state index in [-0.39, 0.29) is 11.6 Å². The van der Waals surface area contributed by atoms with Crippen LogP contribution in [0.5, 0.6) is 0 Å². The van der Waals surface area contributed by atoms with E-state index in [1.54, 1.807) is 0 Å². The van der Waals surface area contributed by atoms with E-state index >= 15 is 0 Å². The highest BCUT2D eigenvalue weighted by Crippen LogP contribution is 2.29. The monoisotopic (exact) mass is 302 g/mol. The zero-order valence-electron chi connectivity index (χ0n) is 10.1. The first-order valence-electron chi connectivity index (χ1n) is 5.60. The van der Waals surface area contributed by atoms with Gasteiger partial charge in [-0.1, -0.05) is 23.7 Å². The van der Waals surface area contributed by atoms with Crippen molar-refractivity contribution in [3.05, 3.63) is 63.0 Å². The van der Waals surface area contributed by atoms with Crippen LogP contribution < -0.4 is 11.3 Å². The summed E-state index contributed by atoms with van der Waals surface area (Å²) in [6, 6.07) is 7.44. The second kappa shape index (κ2) is 5.20. The molecule has 2 aromatic rings. The van der Waals surface area contributed by atoms with E-state index in [0.29, 0.717) is 15.8 Å². The predicted molar refractivity (Wildman–Crippen MR) is 70.7 cm³/mol. The number of nitrogens with two attached hydrogens (primary N) is 1. The van der Waals surface area contributed by atoms with Gasteiger partial charge in [0, 0.05) is 16.8 Å². The number of alkyl halides is 3. The average Bonchev–Trinajstić information content (AvgIpc) is 2.33. The molecule has 2 rings (SSSR count). The molecule has 3 nitrogen and oxygen atoms in total. The Labute approximate surface area is 117 Å². The molecule has 0 aliphatic heterocycles. The third-order valence-electron chi connectivity index (χ3n) is 2.75. The molecule has 0 spiro atoms. The van der Waals surface area contributed by atoms with Gasteiger partial charge in [-0.2, -0.15) is 13.2 Å². The van der Waals surface area contributed by atoms with Crippen LogP contribution in [0, 0.1) is 0 Å². The molecule has 1 heterocycles. The summed E-state index contributed by atoms with van der Waals surface area (Å²) in [6.07, 6.45) is -4.61. The fraction of sp³-hybridized carbons (Fsp3) is 0.154. The van der Waals surface area contributed by atoms with Crippen LogP contribution in [-0.2, 0) is 12.7 Å². The number of aromatic nitrogens is 1. The normalized spacial score (nSPS) is 11.6. The summed E-state index contributed by atoms with van der Waals surface area (Å²) in [5.74, 6) is 0. The Balaban J connectivity index is 2.51.